The van der Waals surface area contributed by atoms with Crippen LogP contribution in [0.25, 0.3) is 0 Å². The van der Waals surface area contributed by atoms with Crippen molar-refractivity contribution in [2.24, 2.45) is 0 Å². The number of ether oxygens (including phenoxy) is 1. The SMILES string of the molecule is CN1CCC23C=CC(=O)CC2Oc2c(O)ccc(c23)C1. The van der Waals surface area contributed by atoms with Crippen LogP contribution in [0.5, 0.6) is 11.5 Å². The number of carbonyl (C=O) groups is 1. The Balaban J connectivity index is 1.99. The lowest BCUT2D eigenvalue weighted by Crippen LogP contribution is -2.41. The molecule has 104 valence electrons. The van der Waals surface area contributed by atoms with E-state index in [0.717, 1.165) is 25.1 Å². The molecule has 0 saturated carbocycles. The van der Waals surface area contributed by atoms with E-state index in [1.165, 1.54) is 5.56 Å². The lowest BCUT2D eigenvalue weighted by molar-refractivity contribution is -0.117. The summed E-state index contributed by atoms with van der Waals surface area (Å²) >= 11 is 0. The molecule has 0 bridgehead atoms. The summed E-state index contributed by atoms with van der Waals surface area (Å²) < 4.78 is 5.98. The molecular formula is C16H17NO3. The summed E-state index contributed by atoms with van der Waals surface area (Å²) in [6.07, 6.45) is 4.84. The molecule has 20 heavy (non-hydrogen) atoms. The van der Waals surface area contributed by atoms with Gasteiger partial charge in [0.2, 0.25) is 0 Å². The summed E-state index contributed by atoms with van der Waals surface area (Å²) in [6.45, 7) is 1.80. The number of ketones is 1. The van der Waals surface area contributed by atoms with E-state index in [4.69, 9.17) is 4.74 Å². The Labute approximate surface area is 117 Å². The number of hydrogen-bond donors (Lipinski definition) is 1. The van der Waals surface area contributed by atoms with E-state index in [-0.39, 0.29) is 23.1 Å². The maximum absolute atomic E-state index is 11.7. The smallest absolute Gasteiger partial charge is 0.165 e. The zero-order chi connectivity index (χ0) is 13.9. The number of aromatic hydroxyl groups is 1. The summed E-state index contributed by atoms with van der Waals surface area (Å²) in [5, 5.41) is 10.1. The summed E-state index contributed by atoms with van der Waals surface area (Å²) in [4.78, 5) is 14.0. The molecule has 0 fully saturated rings. The molecule has 1 aromatic rings. The van der Waals surface area contributed by atoms with Gasteiger partial charge >= 0.3 is 0 Å². The Bertz CT molecular complexity index is 637. The van der Waals surface area contributed by atoms with E-state index in [0.29, 0.717) is 12.2 Å². The first kappa shape index (κ1) is 12.0. The van der Waals surface area contributed by atoms with Crippen LogP contribution in [0, 0.1) is 0 Å². The zero-order valence-electron chi connectivity index (χ0n) is 11.4. The molecule has 2 unspecified atom stereocenters. The molecule has 0 amide bonds. The average molecular weight is 271 g/mol. The van der Waals surface area contributed by atoms with Crippen LogP contribution >= 0.6 is 0 Å². The van der Waals surface area contributed by atoms with Gasteiger partial charge in [0.15, 0.2) is 17.3 Å². The molecule has 3 aliphatic rings. The molecule has 0 saturated heterocycles. The largest absolute Gasteiger partial charge is 0.504 e. The Kier molecular flexibility index (Phi) is 2.31. The van der Waals surface area contributed by atoms with Gasteiger partial charge in [0.05, 0.1) is 5.41 Å². The number of rotatable bonds is 0. The summed E-state index contributed by atoms with van der Waals surface area (Å²) in [7, 11) is 2.10. The lowest BCUT2D eigenvalue weighted by Gasteiger charge is -2.33. The molecule has 4 heteroatoms. The van der Waals surface area contributed by atoms with Crippen molar-refractivity contribution >= 4 is 5.78 Å². The van der Waals surface area contributed by atoms with Gasteiger partial charge in [0, 0.05) is 18.5 Å². The first-order valence-electron chi connectivity index (χ1n) is 7.03. The molecule has 1 aromatic carbocycles. The van der Waals surface area contributed by atoms with Crippen molar-refractivity contribution in [3.63, 3.8) is 0 Å². The minimum Gasteiger partial charge on any atom is -0.504 e. The molecule has 1 N–H and O–H groups in total. The Morgan fingerprint density at radius 3 is 3.15 bits per heavy atom. The first-order chi connectivity index (χ1) is 9.60. The van der Waals surface area contributed by atoms with Gasteiger partial charge in [-0.3, -0.25) is 4.79 Å². The first-order valence-corrected chi connectivity index (χ1v) is 7.03. The summed E-state index contributed by atoms with van der Waals surface area (Å²) in [5.74, 6) is 0.872. The van der Waals surface area contributed by atoms with Crippen molar-refractivity contribution in [3.8, 4) is 11.5 Å². The third-order valence-corrected chi connectivity index (χ3v) is 4.82. The van der Waals surface area contributed by atoms with Gasteiger partial charge in [0.1, 0.15) is 6.10 Å². The summed E-state index contributed by atoms with van der Waals surface area (Å²) in [5.41, 5.74) is 2.04. The zero-order valence-corrected chi connectivity index (χ0v) is 11.4. The second kappa shape index (κ2) is 3.85. The molecule has 1 spiro atoms. The highest BCUT2D eigenvalue weighted by Crippen LogP contribution is 2.54. The number of carbonyl (C=O) groups excluding carboxylic acids is 1. The van der Waals surface area contributed by atoms with Gasteiger partial charge in [-0.2, -0.15) is 0 Å². The fourth-order valence-corrected chi connectivity index (χ4v) is 3.80. The van der Waals surface area contributed by atoms with Gasteiger partial charge in [-0.1, -0.05) is 12.1 Å². The second-order valence-electron chi connectivity index (χ2n) is 6.09. The molecule has 2 atom stereocenters. The minimum absolute atomic E-state index is 0.104. The van der Waals surface area contributed by atoms with Crippen LogP contribution in [-0.2, 0) is 16.8 Å². The monoisotopic (exact) mass is 271 g/mol. The van der Waals surface area contributed by atoms with Crippen LogP contribution in [-0.4, -0.2) is 35.5 Å². The number of allylic oxidation sites excluding steroid dienone is 1. The standard InChI is InChI=1S/C16H17NO3/c1-17-7-6-16-5-4-11(18)8-13(16)20-15-12(19)3-2-10(9-17)14(15)16/h2-5,13,19H,6-9H2,1H3. The highest BCUT2D eigenvalue weighted by atomic mass is 16.5. The highest BCUT2D eigenvalue weighted by Gasteiger charge is 2.52. The molecule has 4 rings (SSSR count). The van der Waals surface area contributed by atoms with E-state index < -0.39 is 0 Å². The third kappa shape index (κ3) is 1.43. The number of nitrogens with zero attached hydrogens (tertiary/aromatic N) is 1. The topological polar surface area (TPSA) is 49.8 Å². The molecule has 1 aliphatic carbocycles. The molecule has 2 heterocycles. The molecule has 4 nitrogen and oxygen atoms in total. The van der Waals surface area contributed by atoms with Gasteiger partial charge in [-0.25, -0.2) is 0 Å². The van der Waals surface area contributed by atoms with E-state index >= 15 is 0 Å². The van der Waals surface area contributed by atoms with Crippen molar-refractivity contribution in [2.45, 2.75) is 30.9 Å². The minimum atomic E-state index is -0.248. The quantitative estimate of drug-likeness (QED) is 0.781. The van der Waals surface area contributed by atoms with Crippen molar-refractivity contribution in [1.29, 1.82) is 0 Å². The number of phenols is 1. The van der Waals surface area contributed by atoms with Crippen LogP contribution in [0.15, 0.2) is 24.3 Å². The van der Waals surface area contributed by atoms with Crippen LogP contribution in [0.2, 0.25) is 0 Å². The van der Waals surface area contributed by atoms with Crippen LogP contribution in [0.1, 0.15) is 24.0 Å². The van der Waals surface area contributed by atoms with Gasteiger partial charge in [-0.05, 0) is 37.7 Å². The van der Waals surface area contributed by atoms with Crippen LogP contribution < -0.4 is 4.74 Å². The number of hydrogen-bond acceptors (Lipinski definition) is 4. The summed E-state index contributed by atoms with van der Waals surface area (Å²) in [6, 6.07) is 3.68. The molecule has 0 aromatic heterocycles. The molecular weight excluding hydrogens is 254 g/mol. The van der Waals surface area contributed by atoms with Crippen molar-refractivity contribution in [3.05, 3.63) is 35.4 Å². The van der Waals surface area contributed by atoms with Gasteiger partial charge < -0.3 is 14.7 Å². The van der Waals surface area contributed by atoms with Crippen molar-refractivity contribution in [2.75, 3.05) is 13.6 Å². The second-order valence-corrected chi connectivity index (χ2v) is 6.09. The van der Waals surface area contributed by atoms with E-state index in [2.05, 4.69) is 11.9 Å². The van der Waals surface area contributed by atoms with Crippen molar-refractivity contribution < 1.29 is 14.6 Å². The maximum Gasteiger partial charge on any atom is 0.165 e. The van der Waals surface area contributed by atoms with E-state index in [9.17, 15) is 9.90 Å². The fourth-order valence-electron chi connectivity index (χ4n) is 3.80. The Morgan fingerprint density at radius 2 is 2.30 bits per heavy atom. The van der Waals surface area contributed by atoms with E-state index in [1.807, 2.05) is 12.1 Å². The number of benzene rings is 1. The van der Waals surface area contributed by atoms with Crippen LogP contribution in [0.3, 0.4) is 0 Å². The maximum atomic E-state index is 11.7. The molecule has 2 aliphatic heterocycles. The van der Waals surface area contributed by atoms with Crippen LogP contribution in [0.4, 0.5) is 0 Å². The Morgan fingerprint density at radius 1 is 1.45 bits per heavy atom. The van der Waals surface area contributed by atoms with Gasteiger partial charge in [-0.15, -0.1) is 0 Å². The number of phenolic OH excluding ortho intramolecular Hbond substituents is 1. The normalized spacial score (nSPS) is 31.4. The Hall–Kier alpha value is -1.81. The lowest BCUT2D eigenvalue weighted by atomic mass is 9.69. The van der Waals surface area contributed by atoms with E-state index in [1.54, 1.807) is 12.1 Å². The highest BCUT2D eigenvalue weighted by molar-refractivity contribution is 5.92. The predicted octanol–water partition coefficient (Wildman–Crippen LogP) is 1.76. The van der Waals surface area contributed by atoms with Gasteiger partial charge in [0.25, 0.3) is 0 Å². The average Bonchev–Trinajstić information content (AvgIpc) is 2.68. The third-order valence-electron chi connectivity index (χ3n) is 4.82. The van der Waals surface area contributed by atoms with Crippen molar-refractivity contribution in [1.82, 2.24) is 4.90 Å². The predicted molar refractivity (Wildman–Crippen MR) is 73.9 cm³/mol. The fraction of sp³-hybridized carbons (Fsp3) is 0.438. The molecule has 0 radical (unpaired) electrons.